The van der Waals surface area contributed by atoms with Gasteiger partial charge in [0, 0.05) is 6.04 Å². The van der Waals surface area contributed by atoms with Crippen LogP contribution in [0.25, 0.3) is 0 Å². The third kappa shape index (κ3) is 3.03. The Kier molecular flexibility index (Phi) is 3.92. The maximum absolute atomic E-state index is 11.4. The van der Waals surface area contributed by atoms with Gasteiger partial charge in [0.15, 0.2) is 9.84 Å². The molecule has 0 saturated carbocycles. The summed E-state index contributed by atoms with van der Waals surface area (Å²) in [6.45, 7) is 2.56. The van der Waals surface area contributed by atoms with Crippen LogP contribution in [0.3, 0.4) is 0 Å². The van der Waals surface area contributed by atoms with E-state index in [0.717, 1.165) is 11.3 Å². The molecule has 0 amide bonds. The second-order valence-corrected chi connectivity index (χ2v) is 6.92. The van der Waals surface area contributed by atoms with Crippen molar-refractivity contribution in [3.63, 3.8) is 0 Å². The molecule has 4 nitrogen and oxygen atoms in total. The molecule has 2 atom stereocenters. The Morgan fingerprint density at radius 2 is 2.06 bits per heavy atom. The van der Waals surface area contributed by atoms with Crippen molar-refractivity contribution in [3.05, 3.63) is 29.8 Å². The summed E-state index contributed by atoms with van der Waals surface area (Å²) >= 11 is 0. The van der Waals surface area contributed by atoms with Crippen LogP contribution < -0.4 is 10.5 Å². The molecule has 1 aliphatic heterocycles. The molecule has 2 unspecified atom stereocenters. The van der Waals surface area contributed by atoms with Gasteiger partial charge in [0.05, 0.1) is 18.1 Å². The number of hydrogen-bond acceptors (Lipinski definition) is 4. The van der Waals surface area contributed by atoms with Crippen molar-refractivity contribution < 1.29 is 13.2 Å². The zero-order valence-electron chi connectivity index (χ0n) is 10.5. The van der Waals surface area contributed by atoms with Crippen molar-refractivity contribution in [1.29, 1.82) is 0 Å². The lowest BCUT2D eigenvalue weighted by Gasteiger charge is -2.18. The van der Waals surface area contributed by atoms with Crippen LogP contribution in [0.2, 0.25) is 0 Å². The maximum atomic E-state index is 11.4. The van der Waals surface area contributed by atoms with Gasteiger partial charge in [0.2, 0.25) is 0 Å². The molecule has 1 aliphatic rings. The Morgan fingerprint density at radius 3 is 2.56 bits per heavy atom. The van der Waals surface area contributed by atoms with Crippen molar-refractivity contribution in [2.24, 2.45) is 11.7 Å². The fourth-order valence-electron chi connectivity index (χ4n) is 2.33. The van der Waals surface area contributed by atoms with Gasteiger partial charge in [-0.15, -0.1) is 0 Å². The van der Waals surface area contributed by atoms with Crippen molar-refractivity contribution in [2.45, 2.75) is 19.4 Å². The van der Waals surface area contributed by atoms with E-state index < -0.39 is 9.84 Å². The molecule has 1 fully saturated rings. The summed E-state index contributed by atoms with van der Waals surface area (Å²) in [5, 5.41) is 0. The van der Waals surface area contributed by atoms with Gasteiger partial charge in [-0.25, -0.2) is 8.42 Å². The first-order chi connectivity index (χ1) is 8.52. The highest BCUT2D eigenvalue weighted by Gasteiger charge is 2.32. The minimum absolute atomic E-state index is 0.0351. The third-order valence-electron chi connectivity index (χ3n) is 3.35. The average Bonchev–Trinajstić information content (AvgIpc) is 2.70. The van der Waals surface area contributed by atoms with Crippen LogP contribution in [0.5, 0.6) is 5.75 Å². The first kappa shape index (κ1) is 13.4. The summed E-state index contributed by atoms with van der Waals surface area (Å²) < 4.78 is 28.2. The Hall–Kier alpha value is -1.07. The van der Waals surface area contributed by atoms with Gasteiger partial charge in [0.1, 0.15) is 5.75 Å². The summed E-state index contributed by atoms with van der Waals surface area (Å²) in [5.41, 5.74) is 7.11. The van der Waals surface area contributed by atoms with Gasteiger partial charge in [-0.2, -0.15) is 0 Å². The second kappa shape index (κ2) is 5.28. The fourth-order valence-corrected chi connectivity index (χ4v) is 4.19. The van der Waals surface area contributed by atoms with Crippen LogP contribution in [0.1, 0.15) is 24.9 Å². The van der Waals surface area contributed by atoms with Gasteiger partial charge in [0.25, 0.3) is 0 Å². The molecular formula is C13H19NO3S. The average molecular weight is 269 g/mol. The highest BCUT2D eigenvalue weighted by Crippen LogP contribution is 2.30. The molecule has 2 N–H and O–H groups in total. The summed E-state index contributed by atoms with van der Waals surface area (Å²) in [7, 11) is -2.87. The SMILES string of the molecule is CCOc1ccc(C(N)C2CCS(=O)(=O)C2)cc1. The van der Waals surface area contributed by atoms with Crippen molar-refractivity contribution >= 4 is 9.84 Å². The lowest BCUT2D eigenvalue weighted by atomic mass is 9.93. The largest absolute Gasteiger partial charge is 0.494 e. The normalized spacial score (nSPS) is 23.8. The number of benzene rings is 1. The smallest absolute Gasteiger partial charge is 0.150 e. The molecule has 1 aromatic carbocycles. The zero-order chi connectivity index (χ0) is 13.2. The number of ether oxygens (including phenoxy) is 1. The number of sulfone groups is 1. The van der Waals surface area contributed by atoms with Crippen LogP contribution in [0.15, 0.2) is 24.3 Å². The molecule has 1 saturated heterocycles. The molecule has 0 bridgehead atoms. The highest BCUT2D eigenvalue weighted by atomic mass is 32.2. The van der Waals surface area contributed by atoms with E-state index in [9.17, 15) is 8.42 Å². The van der Waals surface area contributed by atoms with Crippen molar-refractivity contribution in [3.8, 4) is 5.75 Å². The first-order valence-corrected chi connectivity index (χ1v) is 8.03. The molecule has 0 aliphatic carbocycles. The van der Waals surface area contributed by atoms with Gasteiger partial charge in [-0.3, -0.25) is 0 Å². The van der Waals surface area contributed by atoms with Crippen LogP contribution in [0.4, 0.5) is 0 Å². The van der Waals surface area contributed by atoms with Crippen LogP contribution >= 0.6 is 0 Å². The van der Waals surface area contributed by atoms with Gasteiger partial charge < -0.3 is 10.5 Å². The third-order valence-corrected chi connectivity index (χ3v) is 5.15. The molecule has 18 heavy (non-hydrogen) atoms. The second-order valence-electron chi connectivity index (χ2n) is 4.69. The lowest BCUT2D eigenvalue weighted by Crippen LogP contribution is -2.22. The van der Waals surface area contributed by atoms with Crippen molar-refractivity contribution in [1.82, 2.24) is 0 Å². The van der Waals surface area contributed by atoms with Crippen LogP contribution in [0, 0.1) is 5.92 Å². The van der Waals surface area contributed by atoms with E-state index >= 15 is 0 Å². The molecule has 1 aromatic rings. The van der Waals surface area contributed by atoms with E-state index in [1.165, 1.54) is 0 Å². The Bertz CT molecular complexity index is 495. The van der Waals surface area contributed by atoms with E-state index in [2.05, 4.69) is 0 Å². The predicted molar refractivity (Wildman–Crippen MR) is 71.3 cm³/mol. The number of rotatable bonds is 4. The van der Waals surface area contributed by atoms with Crippen LogP contribution in [-0.2, 0) is 9.84 Å². The van der Waals surface area contributed by atoms with Gasteiger partial charge in [-0.05, 0) is 37.0 Å². The topological polar surface area (TPSA) is 69.4 Å². The fraction of sp³-hybridized carbons (Fsp3) is 0.538. The highest BCUT2D eigenvalue weighted by molar-refractivity contribution is 7.91. The molecule has 2 rings (SSSR count). The molecule has 0 spiro atoms. The Labute approximate surface area is 108 Å². The zero-order valence-corrected chi connectivity index (χ0v) is 11.3. The van der Waals surface area contributed by atoms with Crippen molar-refractivity contribution in [2.75, 3.05) is 18.1 Å². The van der Waals surface area contributed by atoms with E-state index in [-0.39, 0.29) is 23.5 Å². The van der Waals surface area contributed by atoms with E-state index in [0.29, 0.717) is 13.0 Å². The number of nitrogens with two attached hydrogens (primary N) is 1. The quantitative estimate of drug-likeness (QED) is 0.899. The van der Waals surface area contributed by atoms with E-state index in [1.54, 1.807) is 0 Å². The molecular weight excluding hydrogens is 250 g/mol. The minimum Gasteiger partial charge on any atom is -0.494 e. The first-order valence-electron chi connectivity index (χ1n) is 6.20. The van der Waals surface area contributed by atoms with Gasteiger partial charge in [-0.1, -0.05) is 12.1 Å². The van der Waals surface area contributed by atoms with Crippen LogP contribution in [-0.4, -0.2) is 26.5 Å². The molecule has 5 heteroatoms. The monoisotopic (exact) mass is 269 g/mol. The summed E-state index contributed by atoms with van der Waals surface area (Å²) in [4.78, 5) is 0. The Morgan fingerprint density at radius 1 is 1.39 bits per heavy atom. The summed E-state index contributed by atoms with van der Waals surface area (Å²) in [6.07, 6.45) is 0.663. The molecule has 100 valence electrons. The number of hydrogen-bond donors (Lipinski definition) is 1. The lowest BCUT2D eigenvalue weighted by molar-refractivity contribution is 0.340. The standard InChI is InChI=1S/C13H19NO3S/c1-2-17-12-5-3-10(4-6-12)13(14)11-7-8-18(15,16)9-11/h3-6,11,13H,2,7-9,14H2,1H3. The van der Waals surface area contributed by atoms with Gasteiger partial charge >= 0.3 is 0 Å². The molecule has 0 aromatic heterocycles. The van der Waals surface area contributed by atoms with E-state index in [1.807, 2.05) is 31.2 Å². The molecule has 1 heterocycles. The molecule has 0 radical (unpaired) electrons. The van der Waals surface area contributed by atoms with E-state index in [4.69, 9.17) is 10.5 Å². The minimum atomic E-state index is -2.87. The summed E-state index contributed by atoms with van der Waals surface area (Å²) in [5.74, 6) is 1.32. The summed E-state index contributed by atoms with van der Waals surface area (Å²) in [6, 6.07) is 7.38. The Balaban J connectivity index is 2.07. The predicted octanol–water partition coefficient (Wildman–Crippen LogP) is 1.52. The maximum Gasteiger partial charge on any atom is 0.150 e.